The van der Waals surface area contributed by atoms with Gasteiger partial charge in [-0.1, -0.05) is 29.4 Å². The largest absolute Gasteiger partial charge is 0.333 e. The molecule has 0 unspecified atom stereocenters. The van der Waals surface area contributed by atoms with Gasteiger partial charge in [0.05, 0.1) is 16.2 Å². The highest BCUT2D eigenvalue weighted by atomic mass is 16.6. The topological polar surface area (TPSA) is 124 Å². The van der Waals surface area contributed by atoms with Crippen molar-refractivity contribution >= 4 is 17.3 Å². The number of pyridine rings is 1. The number of hydrogen-bond acceptors (Lipinski definition) is 7. The molecule has 148 valence electrons. The molecule has 0 radical (unpaired) electrons. The summed E-state index contributed by atoms with van der Waals surface area (Å²) in [5, 5.41) is 17.9. The summed E-state index contributed by atoms with van der Waals surface area (Å²) in [7, 11) is 0. The molecule has 30 heavy (non-hydrogen) atoms. The molecule has 0 saturated heterocycles. The summed E-state index contributed by atoms with van der Waals surface area (Å²) in [6.07, 6.45) is 1.63. The number of aromatic nitrogens is 3. The number of rotatable bonds is 5. The van der Waals surface area contributed by atoms with Crippen LogP contribution in [0.1, 0.15) is 15.9 Å². The molecule has 4 aromatic rings. The molecule has 0 aliphatic carbocycles. The molecule has 0 aliphatic rings. The highest BCUT2D eigenvalue weighted by molar-refractivity contribution is 6.07. The molecule has 2 aromatic carbocycles. The maximum Gasteiger partial charge on any atom is 0.273 e. The number of nitro benzene ring substituents is 1. The minimum atomic E-state index is -0.516. The van der Waals surface area contributed by atoms with Crippen LogP contribution < -0.4 is 5.32 Å². The van der Waals surface area contributed by atoms with Gasteiger partial charge < -0.3 is 9.84 Å². The molecule has 2 aromatic heterocycles. The van der Waals surface area contributed by atoms with Crippen LogP contribution in [-0.4, -0.2) is 26.0 Å². The Hall–Kier alpha value is -4.40. The number of nitrogens with zero attached hydrogens (tertiary/aromatic N) is 4. The Morgan fingerprint density at radius 1 is 1.07 bits per heavy atom. The number of nitrogens with one attached hydrogen (secondary N) is 1. The monoisotopic (exact) mass is 401 g/mol. The van der Waals surface area contributed by atoms with Gasteiger partial charge in [-0.15, -0.1) is 0 Å². The van der Waals surface area contributed by atoms with Crippen molar-refractivity contribution in [2.75, 3.05) is 5.32 Å². The summed E-state index contributed by atoms with van der Waals surface area (Å²) in [6.45, 7) is 1.54. The number of carbonyl (C=O) groups excluding carboxylic acids is 1. The van der Waals surface area contributed by atoms with Crippen LogP contribution in [-0.2, 0) is 0 Å². The van der Waals surface area contributed by atoms with Crippen LogP contribution >= 0.6 is 0 Å². The first-order valence-electron chi connectivity index (χ1n) is 8.94. The summed E-state index contributed by atoms with van der Waals surface area (Å²) in [4.78, 5) is 32.0. The SMILES string of the molecule is Cc1c(C(=O)Nc2ccccc2-c2nc(-c3ccccn3)no2)cccc1[N+](=O)[O-]. The van der Waals surface area contributed by atoms with Crippen molar-refractivity contribution in [3.05, 3.63) is 88.1 Å². The number of benzene rings is 2. The lowest BCUT2D eigenvalue weighted by atomic mass is 10.1. The van der Waals surface area contributed by atoms with Gasteiger partial charge in [-0.05, 0) is 37.3 Å². The van der Waals surface area contributed by atoms with Crippen LogP contribution in [0.3, 0.4) is 0 Å². The maximum atomic E-state index is 12.8. The van der Waals surface area contributed by atoms with E-state index in [1.165, 1.54) is 25.1 Å². The van der Waals surface area contributed by atoms with Crippen LogP contribution in [0.4, 0.5) is 11.4 Å². The van der Waals surface area contributed by atoms with Crippen molar-refractivity contribution in [2.24, 2.45) is 0 Å². The number of amides is 1. The van der Waals surface area contributed by atoms with Crippen LogP contribution in [0.25, 0.3) is 23.0 Å². The average Bonchev–Trinajstić information content (AvgIpc) is 3.25. The van der Waals surface area contributed by atoms with Crippen LogP contribution in [0.15, 0.2) is 71.4 Å². The number of anilines is 1. The quantitative estimate of drug-likeness (QED) is 0.391. The lowest BCUT2D eigenvalue weighted by Crippen LogP contribution is -2.14. The van der Waals surface area contributed by atoms with Gasteiger partial charge >= 0.3 is 0 Å². The molecule has 0 aliphatic heterocycles. The lowest BCUT2D eigenvalue weighted by Gasteiger charge is -2.10. The van der Waals surface area contributed by atoms with E-state index in [2.05, 4.69) is 20.4 Å². The molecular weight excluding hydrogens is 386 g/mol. The molecule has 9 heteroatoms. The normalized spacial score (nSPS) is 10.6. The van der Waals surface area contributed by atoms with E-state index in [4.69, 9.17) is 4.52 Å². The highest BCUT2D eigenvalue weighted by Crippen LogP contribution is 2.29. The molecule has 0 saturated carbocycles. The molecule has 0 fully saturated rings. The minimum absolute atomic E-state index is 0.118. The van der Waals surface area contributed by atoms with Crippen LogP contribution in [0, 0.1) is 17.0 Å². The average molecular weight is 401 g/mol. The fraction of sp³-hybridized carbons (Fsp3) is 0.0476. The first-order valence-corrected chi connectivity index (χ1v) is 8.94. The first-order chi connectivity index (χ1) is 14.5. The second kappa shape index (κ2) is 7.92. The first kappa shape index (κ1) is 18.9. The third-order valence-corrected chi connectivity index (χ3v) is 4.47. The number of para-hydroxylation sites is 1. The van der Waals surface area contributed by atoms with Crippen molar-refractivity contribution < 1.29 is 14.2 Å². The van der Waals surface area contributed by atoms with Crippen molar-refractivity contribution in [3.8, 4) is 23.0 Å². The highest BCUT2D eigenvalue weighted by Gasteiger charge is 2.20. The number of carbonyl (C=O) groups is 1. The zero-order valence-electron chi connectivity index (χ0n) is 15.8. The summed E-state index contributed by atoms with van der Waals surface area (Å²) in [5.74, 6) is 0.0525. The van der Waals surface area contributed by atoms with Crippen molar-refractivity contribution in [1.29, 1.82) is 0 Å². The molecule has 1 amide bonds. The van der Waals surface area contributed by atoms with E-state index in [0.717, 1.165) is 0 Å². The molecule has 0 spiro atoms. The van der Waals surface area contributed by atoms with E-state index in [9.17, 15) is 14.9 Å². The predicted octanol–water partition coefficient (Wildman–Crippen LogP) is 4.27. The van der Waals surface area contributed by atoms with E-state index < -0.39 is 10.8 Å². The van der Waals surface area contributed by atoms with Crippen LogP contribution in [0.2, 0.25) is 0 Å². The van der Waals surface area contributed by atoms with Gasteiger partial charge in [-0.25, -0.2) is 0 Å². The molecule has 0 bridgehead atoms. The van der Waals surface area contributed by atoms with E-state index in [0.29, 0.717) is 22.8 Å². The zero-order chi connectivity index (χ0) is 21.1. The van der Waals surface area contributed by atoms with E-state index in [1.807, 2.05) is 6.07 Å². The zero-order valence-corrected chi connectivity index (χ0v) is 15.8. The third kappa shape index (κ3) is 3.63. The summed E-state index contributed by atoms with van der Waals surface area (Å²) < 4.78 is 5.37. The van der Waals surface area contributed by atoms with Crippen molar-refractivity contribution in [1.82, 2.24) is 15.1 Å². The molecule has 1 N–H and O–H groups in total. The Kier molecular flexibility index (Phi) is 5.00. The Bertz CT molecular complexity index is 1240. The lowest BCUT2D eigenvalue weighted by molar-refractivity contribution is -0.385. The fourth-order valence-corrected chi connectivity index (χ4v) is 2.97. The van der Waals surface area contributed by atoms with Gasteiger partial charge in [0, 0.05) is 23.4 Å². The second-order valence-corrected chi connectivity index (χ2v) is 6.34. The minimum Gasteiger partial charge on any atom is -0.333 e. The van der Waals surface area contributed by atoms with Crippen molar-refractivity contribution in [3.63, 3.8) is 0 Å². The van der Waals surface area contributed by atoms with Gasteiger partial charge in [0.25, 0.3) is 17.5 Å². The standard InChI is InChI=1S/C21H15N5O4/c1-13-14(8-6-11-18(13)26(28)29)20(27)23-16-9-3-2-7-15(16)21-24-19(25-30-21)17-10-4-5-12-22-17/h2-12H,1H3,(H,23,27). The van der Waals surface area contributed by atoms with Gasteiger partial charge in [-0.2, -0.15) is 4.98 Å². The Balaban J connectivity index is 1.65. The van der Waals surface area contributed by atoms with Gasteiger partial charge in [-0.3, -0.25) is 19.9 Å². The summed E-state index contributed by atoms with van der Waals surface area (Å²) in [6, 6.07) is 16.7. The Labute approximate surface area is 170 Å². The number of hydrogen-bond donors (Lipinski definition) is 1. The van der Waals surface area contributed by atoms with Gasteiger partial charge in [0.1, 0.15) is 5.69 Å². The number of nitro groups is 1. The smallest absolute Gasteiger partial charge is 0.273 e. The van der Waals surface area contributed by atoms with Gasteiger partial charge in [0.2, 0.25) is 5.82 Å². The maximum absolute atomic E-state index is 12.8. The molecular formula is C21H15N5O4. The molecule has 4 rings (SSSR count). The fourth-order valence-electron chi connectivity index (χ4n) is 2.97. The third-order valence-electron chi connectivity index (χ3n) is 4.47. The second-order valence-electron chi connectivity index (χ2n) is 6.34. The molecule has 9 nitrogen and oxygen atoms in total. The van der Waals surface area contributed by atoms with Gasteiger partial charge in [0.15, 0.2) is 0 Å². The Morgan fingerprint density at radius 3 is 2.63 bits per heavy atom. The van der Waals surface area contributed by atoms with E-state index in [-0.39, 0.29) is 22.7 Å². The Morgan fingerprint density at radius 2 is 1.87 bits per heavy atom. The summed E-state index contributed by atoms with van der Waals surface area (Å²) in [5.41, 5.74) is 1.88. The molecule has 0 atom stereocenters. The molecule has 2 heterocycles. The summed E-state index contributed by atoms with van der Waals surface area (Å²) >= 11 is 0. The van der Waals surface area contributed by atoms with Crippen molar-refractivity contribution in [2.45, 2.75) is 6.92 Å². The van der Waals surface area contributed by atoms with Crippen LogP contribution in [0.5, 0.6) is 0 Å². The van der Waals surface area contributed by atoms with E-state index in [1.54, 1.807) is 42.6 Å². The predicted molar refractivity (Wildman–Crippen MR) is 109 cm³/mol. The van der Waals surface area contributed by atoms with E-state index >= 15 is 0 Å².